The summed E-state index contributed by atoms with van der Waals surface area (Å²) in [5.41, 5.74) is 2.92. The second-order valence-electron chi connectivity index (χ2n) is 2.85. The first-order valence-corrected chi connectivity index (χ1v) is 5.64. The first-order chi connectivity index (χ1) is 6.93. The minimum absolute atomic E-state index is 0.103. The van der Waals surface area contributed by atoms with Gasteiger partial charge >= 0.3 is 0 Å². The lowest BCUT2D eigenvalue weighted by atomic mass is 10.4. The van der Waals surface area contributed by atoms with Gasteiger partial charge in [0.05, 0.1) is 24.4 Å². The first-order valence-electron chi connectivity index (χ1n) is 4.70. The summed E-state index contributed by atoms with van der Waals surface area (Å²) in [6.07, 6.45) is 0.962. The molecule has 0 aromatic carbocycles. The van der Waals surface area contributed by atoms with Crippen LogP contribution in [0.3, 0.4) is 0 Å². The molecule has 0 atom stereocenters. The minimum Gasteiger partial charge on any atom is -0.394 e. The third-order valence-electron chi connectivity index (χ3n) is 1.67. The molecule has 0 aliphatic carbocycles. The average Bonchev–Trinajstić information content (AvgIpc) is 2.69. The topological polar surface area (TPSA) is 54.4 Å². The van der Waals surface area contributed by atoms with Crippen LogP contribution in [0.5, 0.6) is 0 Å². The van der Waals surface area contributed by atoms with Crippen molar-refractivity contribution in [1.29, 1.82) is 0 Å². The number of rotatable bonds is 8. The quantitative estimate of drug-likeness (QED) is 0.626. The zero-order valence-corrected chi connectivity index (χ0v) is 8.92. The fraction of sp³-hybridized carbons (Fsp3) is 0.667. The Balaban J connectivity index is 1.85. The molecular formula is C9H16N2O2S. The summed E-state index contributed by atoms with van der Waals surface area (Å²) < 4.78 is 5.12. The standard InChI is InChI=1S/C9H16N2O2S/c12-3-5-13-4-1-2-10-6-9-7-14-8-11-9/h7-8,10,12H,1-6H2. The van der Waals surface area contributed by atoms with Crippen LogP contribution in [0.2, 0.25) is 0 Å². The lowest BCUT2D eigenvalue weighted by Crippen LogP contribution is -2.16. The van der Waals surface area contributed by atoms with E-state index in [1.54, 1.807) is 11.3 Å². The van der Waals surface area contributed by atoms with Crippen molar-refractivity contribution in [3.05, 3.63) is 16.6 Å². The first kappa shape index (κ1) is 11.6. The molecular weight excluding hydrogens is 200 g/mol. The maximum absolute atomic E-state index is 8.45. The highest BCUT2D eigenvalue weighted by Crippen LogP contribution is 1.99. The molecule has 0 amide bonds. The summed E-state index contributed by atoms with van der Waals surface area (Å²) in [4.78, 5) is 4.16. The van der Waals surface area contributed by atoms with Gasteiger partial charge in [-0.2, -0.15) is 0 Å². The number of hydrogen-bond donors (Lipinski definition) is 2. The molecule has 0 aliphatic heterocycles. The molecule has 0 unspecified atom stereocenters. The van der Waals surface area contributed by atoms with Crippen molar-refractivity contribution < 1.29 is 9.84 Å². The van der Waals surface area contributed by atoms with E-state index < -0.39 is 0 Å². The number of nitrogens with zero attached hydrogens (tertiary/aromatic N) is 1. The Morgan fingerprint density at radius 2 is 2.43 bits per heavy atom. The molecule has 1 heterocycles. The molecule has 1 rings (SSSR count). The summed E-state index contributed by atoms with van der Waals surface area (Å²) in [5.74, 6) is 0. The van der Waals surface area contributed by atoms with E-state index in [0.717, 1.165) is 25.2 Å². The van der Waals surface area contributed by atoms with Gasteiger partial charge in [-0.15, -0.1) is 11.3 Å². The van der Waals surface area contributed by atoms with Crippen LogP contribution in [-0.4, -0.2) is 36.5 Å². The van der Waals surface area contributed by atoms with E-state index in [9.17, 15) is 0 Å². The molecule has 14 heavy (non-hydrogen) atoms. The lowest BCUT2D eigenvalue weighted by molar-refractivity contribution is 0.0907. The third kappa shape index (κ3) is 5.29. The predicted octanol–water partition coefficient (Wildman–Crippen LogP) is 0.632. The minimum atomic E-state index is 0.103. The van der Waals surface area contributed by atoms with Gasteiger partial charge in [-0.3, -0.25) is 0 Å². The number of nitrogens with one attached hydrogen (secondary N) is 1. The highest BCUT2D eigenvalue weighted by Gasteiger charge is 1.93. The van der Waals surface area contributed by atoms with E-state index in [4.69, 9.17) is 9.84 Å². The summed E-state index contributed by atoms with van der Waals surface area (Å²) in [7, 11) is 0. The van der Waals surface area contributed by atoms with Gasteiger partial charge < -0.3 is 15.2 Å². The molecule has 5 heteroatoms. The second-order valence-corrected chi connectivity index (χ2v) is 3.56. The molecule has 80 valence electrons. The highest BCUT2D eigenvalue weighted by molar-refractivity contribution is 7.07. The van der Waals surface area contributed by atoms with Gasteiger partial charge in [0.15, 0.2) is 0 Å². The van der Waals surface area contributed by atoms with Crippen molar-refractivity contribution in [2.24, 2.45) is 0 Å². The van der Waals surface area contributed by atoms with E-state index in [1.165, 1.54) is 0 Å². The predicted molar refractivity (Wildman–Crippen MR) is 56.3 cm³/mol. The van der Waals surface area contributed by atoms with Crippen LogP contribution < -0.4 is 5.32 Å². The van der Waals surface area contributed by atoms with Crippen molar-refractivity contribution in [2.75, 3.05) is 26.4 Å². The smallest absolute Gasteiger partial charge is 0.0795 e. The Hall–Kier alpha value is -0.490. The monoisotopic (exact) mass is 216 g/mol. The molecule has 2 N–H and O–H groups in total. The molecule has 4 nitrogen and oxygen atoms in total. The Morgan fingerprint density at radius 1 is 1.50 bits per heavy atom. The third-order valence-corrected chi connectivity index (χ3v) is 2.30. The van der Waals surface area contributed by atoms with Gasteiger partial charge in [-0.25, -0.2) is 4.98 Å². The molecule has 0 bridgehead atoms. The van der Waals surface area contributed by atoms with E-state index >= 15 is 0 Å². The van der Waals surface area contributed by atoms with Gasteiger partial charge in [0.1, 0.15) is 0 Å². The number of aliphatic hydroxyl groups excluding tert-OH is 1. The maximum Gasteiger partial charge on any atom is 0.0795 e. The van der Waals surface area contributed by atoms with Crippen LogP contribution >= 0.6 is 11.3 Å². The second kappa shape index (κ2) is 7.87. The van der Waals surface area contributed by atoms with E-state index in [2.05, 4.69) is 10.3 Å². The molecule has 1 aromatic heterocycles. The molecule has 1 aromatic rings. The maximum atomic E-state index is 8.45. The Kier molecular flexibility index (Phi) is 6.51. The Labute approximate surface area is 87.9 Å². The molecule has 0 saturated carbocycles. The summed E-state index contributed by atoms with van der Waals surface area (Å²) in [6, 6.07) is 0. The SMILES string of the molecule is OCCOCCCNCc1cscn1. The van der Waals surface area contributed by atoms with Crippen LogP contribution in [0.1, 0.15) is 12.1 Å². The van der Waals surface area contributed by atoms with Crippen LogP contribution in [0.25, 0.3) is 0 Å². The molecule has 0 spiro atoms. The number of aliphatic hydroxyl groups is 1. The van der Waals surface area contributed by atoms with Gasteiger partial charge in [0.2, 0.25) is 0 Å². The van der Waals surface area contributed by atoms with Crippen LogP contribution in [-0.2, 0) is 11.3 Å². The van der Waals surface area contributed by atoms with Crippen LogP contribution in [0, 0.1) is 0 Å². The molecule has 0 radical (unpaired) electrons. The molecule has 0 fully saturated rings. The van der Waals surface area contributed by atoms with Crippen molar-refractivity contribution in [1.82, 2.24) is 10.3 Å². The fourth-order valence-electron chi connectivity index (χ4n) is 1.01. The summed E-state index contributed by atoms with van der Waals surface area (Å²) >= 11 is 1.61. The van der Waals surface area contributed by atoms with E-state index in [0.29, 0.717) is 13.2 Å². The number of ether oxygens (including phenoxy) is 1. The Morgan fingerprint density at radius 3 is 3.14 bits per heavy atom. The van der Waals surface area contributed by atoms with Gasteiger partial charge in [-0.05, 0) is 13.0 Å². The number of aromatic nitrogens is 1. The van der Waals surface area contributed by atoms with Gasteiger partial charge in [-0.1, -0.05) is 0 Å². The van der Waals surface area contributed by atoms with Crippen LogP contribution in [0.15, 0.2) is 10.9 Å². The van der Waals surface area contributed by atoms with Crippen LogP contribution in [0.4, 0.5) is 0 Å². The van der Waals surface area contributed by atoms with Crippen molar-refractivity contribution in [3.63, 3.8) is 0 Å². The Bertz CT molecular complexity index is 217. The average molecular weight is 216 g/mol. The van der Waals surface area contributed by atoms with E-state index in [-0.39, 0.29) is 6.61 Å². The fourth-order valence-corrected chi connectivity index (χ4v) is 1.57. The normalized spacial score (nSPS) is 10.6. The zero-order valence-electron chi connectivity index (χ0n) is 8.11. The highest BCUT2D eigenvalue weighted by atomic mass is 32.1. The van der Waals surface area contributed by atoms with Crippen molar-refractivity contribution in [3.8, 4) is 0 Å². The zero-order chi connectivity index (χ0) is 10.1. The molecule has 0 aliphatic rings. The van der Waals surface area contributed by atoms with Gasteiger partial charge in [0.25, 0.3) is 0 Å². The largest absolute Gasteiger partial charge is 0.394 e. The van der Waals surface area contributed by atoms with E-state index in [1.807, 2.05) is 10.9 Å². The van der Waals surface area contributed by atoms with Crippen molar-refractivity contribution >= 4 is 11.3 Å². The van der Waals surface area contributed by atoms with Crippen molar-refractivity contribution in [2.45, 2.75) is 13.0 Å². The number of thiazole rings is 1. The summed E-state index contributed by atoms with van der Waals surface area (Å²) in [6.45, 7) is 2.98. The lowest BCUT2D eigenvalue weighted by Gasteiger charge is -2.03. The molecule has 0 saturated heterocycles. The summed E-state index contributed by atoms with van der Waals surface area (Å²) in [5, 5.41) is 13.7. The number of hydrogen-bond acceptors (Lipinski definition) is 5. The van der Waals surface area contributed by atoms with Gasteiger partial charge in [0, 0.05) is 18.5 Å².